The summed E-state index contributed by atoms with van der Waals surface area (Å²) in [6.07, 6.45) is 1.05. The second-order valence-electron chi connectivity index (χ2n) is 12.1. The Bertz CT molecular complexity index is 1750. The second kappa shape index (κ2) is 15.4. The highest BCUT2D eigenvalue weighted by atomic mass is 16.5. The summed E-state index contributed by atoms with van der Waals surface area (Å²) in [5.74, 6) is 2.41. The van der Waals surface area contributed by atoms with E-state index in [1.807, 2.05) is 30.3 Å². The van der Waals surface area contributed by atoms with E-state index in [0.29, 0.717) is 39.1 Å². The van der Waals surface area contributed by atoms with Crippen LogP contribution >= 0.6 is 0 Å². The van der Waals surface area contributed by atoms with Crippen molar-refractivity contribution in [2.45, 2.75) is 12.8 Å². The Balaban J connectivity index is 1.01. The highest BCUT2D eigenvalue weighted by Crippen LogP contribution is 2.29. The molecule has 2 aromatic heterocycles. The number of aromatic nitrogens is 4. The van der Waals surface area contributed by atoms with Crippen LogP contribution < -0.4 is 26.4 Å². The number of hydrogen-bond acceptors (Lipinski definition) is 9. The molecular weight excluding hydrogens is 592 g/mol. The number of fused-ring (bicyclic) bond motifs is 2. The average Bonchev–Trinajstić information content (AvgIpc) is 3.71. The van der Waals surface area contributed by atoms with Crippen LogP contribution in [0, 0.1) is 0 Å². The Morgan fingerprint density at radius 3 is 2.19 bits per heavy atom. The molecule has 12 heteroatoms. The van der Waals surface area contributed by atoms with Gasteiger partial charge in [-0.3, -0.25) is 9.69 Å². The molecular formula is C35H46N10O2. The average molecular weight is 639 g/mol. The van der Waals surface area contributed by atoms with Gasteiger partial charge in [-0.1, -0.05) is 0 Å². The molecule has 5 aromatic rings. The number of piperazine rings is 1. The molecule has 1 saturated heterocycles. The first-order chi connectivity index (χ1) is 23.0. The van der Waals surface area contributed by atoms with Gasteiger partial charge >= 0.3 is 0 Å². The summed E-state index contributed by atoms with van der Waals surface area (Å²) in [5, 5.41) is 2.96. The number of imidazole rings is 2. The Morgan fingerprint density at radius 2 is 1.49 bits per heavy atom. The highest BCUT2D eigenvalue weighted by Gasteiger charge is 2.16. The Morgan fingerprint density at radius 1 is 0.851 bits per heavy atom. The maximum absolute atomic E-state index is 12.2. The van der Waals surface area contributed by atoms with Crippen LogP contribution in [0.1, 0.15) is 12.8 Å². The molecule has 7 N–H and O–H groups in total. The van der Waals surface area contributed by atoms with Crippen LogP contribution in [-0.2, 0) is 4.79 Å². The summed E-state index contributed by atoms with van der Waals surface area (Å²) >= 11 is 0. The van der Waals surface area contributed by atoms with E-state index in [4.69, 9.17) is 26.2 Å². The fourth-order valence-electron chi connectivity index (χ4n) is 5.96. The van der Waals surface area contributed by atoms with Gasteiger partial charge in [0.05, 0.1) is 28.7 Å². The molecule has 47 heavy (non-hydrogen) atoms. The van der Waals surface area contributed by atoms with Crippen molar-refractivity contribution in [3.63, 3.8) is 0 Å². The van der Waals surface area contributed by atoms with Gasteiger partial charge in [0.25, 0.3) is 0 Å². The predicted octanol–water partition coefficient (Wildman–Crippen LogP) is 3.02. The van der Waals surface area contributed by atoms with Crippen LogP contribution in [0.4, 0.5) is 5.69 Å². The number of aromatic amines is 2. The first kappa shape index (κ1) is 32.5. The smallest absolute Gasteiger partial charge is 0.220 e. The minimum atomic E-state index is 0.0214. The van der Waals surface area contributed by atoms with Gasteiger partial charge in [-0.2, -0.15) is 0 Å². The third-order valence-corrected chi connectivity index (χ3v) is 8.67. The molecule has 12 nitrogen and oxygen atoms in total. The lowest BCUT2D eigenvalue weighted by Gasteiger charge is -2.34. The second-order valence-corrected chi connectivity index (χ2v) is 12.1. The largest absolute Gasteiger partial charge is 0.494 e. The number of carbonyl (C=O) groups is 1. The fraction of sp³-hybridized carbons (Fsp3) is 0.400. The lowest BCUT2D eigenvalue weighted by atomic mass is 10.2. The monoisotopic (exact) mass is 638 g/mol. The van der Waals surface area contributed by atoms with Gasteiger partial charge in [-0.05, 0) is 74.1 Å². The molecule has 6 rings (SSSR count). The number of rotatable bonds is 15. The molecule has 0 radical (unpaired) electrons. The molecule has 0 unspecified atom stereocenters. The third-order valence-electron chi connectivity index (χ3n) is 8.67. The molecule has 248 valence electrons. The van der Waals surface area contributed by atoms with Crippen LogP contribution in [0.3, 0.4) is 0 Å². The Kier molecular flexibility index (Phi) is 10.6. The van der Waals surface area contributed by atoms with E-state index in [9.17, 15) is 4.79 Å². The van der Waals surface area contributed by atoms with E-state index in [2.05, 4.69) is 67.4 Å². The van der Waals surface area contributed by atoms with E-state index >= 15 is 0 Å². The number of H-pyrrole nitrogens is 2. The first-order valence-corrected chi connectivity index (χ1v) is 16.5. The number of nitrogens with zero attached hydrogens (tertiary/aromatic N) is 5. The van der Waals surface area contributed by atoms with E-state index in [-0.39, 0.29) is 5.91 Å². The number of anilines is 1. The van der Waals surface area contributed by atoms with Crippen LogP contribution in [0.25, 0.3) is 44.8 Å². The van der Waals surface area contributed by atoms with Gasteiger partial charge in [0.15, 0.2) is 0 Å². The maximum atomic E-state index is 12.2. The number of carbonyl (C=O) groups excluding carboxylic acids is 1. The first-order valence-electron chi connectivity index (χ1n) is 16.5. The van der Waals surface area contributed by atoms with E-state index in [0.717, 1.165) is 96.4 Å². The molecule has 0 aliphatic carbocycles. The summed E-state index contributed by atoms with van der Waals surface area (Å²) in [7, 11) is 2.17. The van der Waals surface area contributed by atoms with Gasteiger partial charge < -0.3 is 41.3 Å². The standard InChI is InChI=1S/C35H46N10O2/c1-43-18-20-45(21-19-43)27-7-11-30-32(24-27)42-35(40-30)26-6-10-29-31(23-26)41-34(39-29)25-4-8-28(9-5-25)47-22-2-3-33(46)38-14-17-44(15-12-36)16-13-37/h4-11,23-24H,2-3,12-22,36-37H2,1H3,(H,38,46)(H,39,41)(H,40,42). The SMILES string of the molecule is CN1CCN(c2ccc3nc(-c4ccc5nc(-c6ccc(OCCCC(=O)NCCN(CCN)CCN)cc6)[nH]c5c4)[nH]c3c2)CC1. The molecule has 0 bridgehead atoms. The Hall–Kier alpha value is -4.49. The van der Waals surface area contributed by atoms with Gasteiger partial charge in [-0.25, -0.2) is 9.97 Å². The molecule has 3 heterocycles. The highest BCUT2D eigenvalue weighted by molar-refractivity contribution is 5.87. The number of hydrogen-bond donors (Lipinski definition) is 5. The molecule has 3 aromatic carbocycles. The zero-order valence-corrected chi connectivity index (χ0v) is 27.2. The summed E-state index contributed by atoms with van der Waals surface area (Å²) < 4.78 is 5.89. The van der Waals surface area contributed by atoms with Gasteiger partial charge in [0.1, 0.15) is 17.4 Å². The van der Waals surface area contributed by atoms with Gasteiger partial charge in [-0.15, -0.1) is 0 Å². The molecule has 1 amide bonds. The van der Waals surface area contributed by atoms with Crippen molar-refractivity contribution in [2.24, 2.45) is 11.5 Å². The van der Waals surface area contributed by atoms with Crippen molar-refractivity contribution < 1.29 is 9.53 Å². The topological polar surface area (TPSA) is 157 Å². The number of nitrogens with one attached hydrogen (secondary N) is 3. The third kappa shape index (κ3) is 8.27. The number of benzene rings is 3. The van der Waals surface area contributed by atoms with Crippen LogP contribution in [-0.4, -0.2) is 115 Å². The van der Waals surface area contributed by atoms with Crippen molar-refractivity contribution in [3.8, 4) is 28.5 Å². The van der Waals surface area contributed by atoms with E-state index in [1.54, 1.807) is 0 Å². The lowest BCUT2D eigenvalue weighted by molar-refractivity contribution is -0.121. The number of amides is 1. The summed E-state index contributed by atoms with van der Waals surface area (Å²) in [4.78, 5) is 35.8. The summed E-state index contributed by atoms with van der Waals surface area (Å²) in [6, 6.07) is 20.5. The van der Waals surface area contributed by atoms with Gasteiger partial charge in [0.2, 0.25) is 5.91 Å². The van der Waals surface area contributed by atoms with Crippen molar-refractivity contribution >= 4 is 33.7 Å². The van der Waals surface area contributed by atoms with E-state index in [1.165, 1.54) is 5.69 Å². The van der Waals surface area contributed by atoms with Crippen molar-refractivity contribution in [1.82, 2.24) is 35.1 Å². The zero-order chi connectivity index (χ0) is 32.6. The molecule has 1 aliphatic heterocycles. The van der Waals surface area contributed by atoms with Crippen molar-refractivity contribution in [3.05, 3.63) is 60.7 Å². The van der Waals surface area contributed by atoms with Crippen molar-refractivity contribution in [2.75, 3.05) is 84.0 Å². The summed E-state index contributed by atoms with van der Waals surface area (Å²) in [5.41, 5.74) is 18.3. The van der Waals surface area contributed by atoms with Crippen molar-refractivity contribution in [1.29, 1.82) is 0 Å². The quantitative estimate of drug-likeness (QED) is 0.109. The Labute approximate surface area is 275 Å². The van der Waals surface area contributed by atoms with E-state index < -0.39 is 0 Å². The minimum Gasteiger partial charge on any atom is -0.494 e. The minimum absolute atomic E-state index is 0.0214. The maximum Gasteiger partial charge on any atom is 0.220 e. The molecule has 1 fully saturated rings. The zero-order valence-electron chi connectivity index (χ0n) is 27.2. The molecule has 0 spiro atoms. The molecule has 1 aliphatic rings. The van der Waals surface area contributed by atoms with Crippen LogP contribution in [0.2, 0.25) is 0 Å². The van der Waals surface area contributed by atoms with Gasteiger partial charge in [0, 0.05) is 88.7 Å². The predicted molar refractivity (Wildman–Crippen MR) is 189 cm³/mol. The normalized spacial score (nSPS) is 14.0. The summed E-state index contributed by atoms with van der Waals surface area (Å²) in [6.45, 7) is 8.72. The number of ether oxygens (including phenoxy) is 1. The fourth-order valence-corrected chi connectivity index (χ4v) is 5.96. The van der Waals surface area contributed by atoms with Crippen LogP contribution in [0.15, 0.2) is 60.7 Å². The molecule has 0 atom stereocenters. The lowest BCUT2D eigenvalue weighted by Crippen LogP contribution is -2.44. The number of likely N-dealkylation sites (N-methyl/N-ethyl adjacent to an activating group) is 1. The van der Waals surface area contributed by atoms with Crippen LogP contribution in [0.5, 0.6) is 5.75 Å². The number of nitrogens with two attached hydrogens (primary N) is 2. The molecule has 0 saturated carbocycles.